The molecule has 1 heterocycles. The van der Waals surface area contributed by atoms with Crippen LogP contribution in [-0.2, 0) is 0 Å². The number of nitrogens with zero attached hydrogens (tertiary/aromatic N) is 1. The molecule has 1 fully saturated rings. The summed E-state index contributed by atoms with van der Waals surface area (Å²) in [5.74, 6) is 1.33. The molecule has 2 heteroatoms. The van der Waals surface area contributed by atoms with Crippen LogP contribution >= 0.6 is 0 Å². The van der Waals surface area contributed by atoms with Gasteiger partial charge >= 0.3 is 0 Å². The molecule has 2 atom stereocenters. The molecule has 0 aromatic heterocycles. The highest BCUT2D eigenvalue weighted by atomic mass is 15.1. The zero-order valence-electron chi connectivity index (χ0n) is 10.8. The van der Waals surface area contributed by atoms with Crippen molar-refractivity contribution in [3.05, 3.63) is 35.9 Å². The molecular formula is C15H24N2. The lowest BCUT2D eigenvalue weighted by atomic mass is 9.95. The van der Waals surface area contributed by atoms with Crippen LogP contribution in [0.15, 0.2) is 30.3 Å². The Bertz CT molecular complexity index is 323. The van der Waals surface area contributed by atoms with E-state index in [-0.39, 0.29) is 0 Å². The third-order valence-electron chi connectivity index (χ3n) is 3.84. The van der Waals surface area contributed by atoms with E-state index in [4.69, 9.17) is 5.73 Å². The third kappa shape index (κ3) is 3.55. The van der Waals surface area contributed by atoms with Crippen LogP contribution in [0.2, 0.25) is 0 Å². The summed E-state index contributed by atoms with van der Waals surface area (Å²) in [6, 6.07) is 10.8. The van der Waals surface area contributed by atoms with Crippen molar-refractivity contribution < 1.29 is 0 Å². The first-order chi connectivity index (χ1) is 8.29. The molecule has 0 aliphatic carbocycles. The normalized spacial score (nSPS) is 23.5. The highest BCUT2D eigenvalue weighted by molar-refractivity contribution is 5.19. The van der Waals surface area contributed by atoms with E-state index in [0.29, 0.717) is 11.8 Å². The van der Waals surface area contributed by atoms with E-state index in [1.165, 1.54) is 38.0 Å². The van der Waals surface area contributed by atoms with Crippen molar-refractivity contribution in [1.29, 1.82) is 0 Å². The number of rotatable bonds is 4. The van der Waals surface area contributed by atoms with Gasteiger partial charge in [0.1, 0.15) is 0 Å². The van der Waals surface area contributed by atoms with Crippen LogP contribution in [-0.4, -0.2) is 31.1 Å². The largest absolute Gasteiger partial charge is 0.330 e. The molecule has 0 radical (unpaired) electrons. The first-order valence-corrected chi connectivity index (χ1v) is 6.77. The molecule has 2 N–H and O–H groups in total. The van der Waals surface area contributed by atoms with Gasteiger partial charge in [0.05, 0.1) is 0 Å². The van der Waals surface area contributed by atoms with E-state index in [1.807, 2.05) is 0 Å². The summed E-state index contributed by atoms with van der Waals surface area (Å²) in [7, 11) is 0. The Balaban J connectivity index is 1.88. The number of hydrogen-bond donors (Lipinski definition) is 1. The van der Waals surface area contributed by atoms with Gasteiger partial charge in [-0.15, -0.1) is 0 Å². The summed E-state index contributed by atoms with van der Waals surface area (Å²) in [5, 5.41) is 0. The summed E-state index contributed by atoms with van der Waals surface area (Å²) in [6.45, 7) is 6.76. The molecule has 1 aromatic rings. The number of piperidine rings is 1. The number of hydrogen-bond acceptors (Lipinski definition) is 2. The third-order valence-corrected chi connectivity index (χ3v) is 3.84. The molecule has 1 aliphatic rings. The van der Waals surface area contributed by atoms with Crippen molar-refractivity contribution in [2.75, 3.05) is 26.2 Å². The van der Waals surface area contributed by atoms with E-state index >= 15 is 0 Å². The average Bonchev–Trinajstić information content (AvgIpc) is 2.40. The van der Waals surface area contributed by atoms with E-state index in [9.17, 15) is 0 Å². The molecule has 0 saturated carbocycles. The van der Waals surface area contributed by atoms with Crippen LogP contribution in [0.4, 0.5) is 0 Å². The van der Waals surface area contributed by atoms with Crippen LogP contribution in [0.25, 0.3) is 0 Å². The maximum atomic E-state index is 5.78. The molecule has 94 valence electrons. The standard InChI is InChI=1S/C15H24N2/c1-13(15-7-3-2-4-8-15)11-17-9-5-6-14(10-16)12-17/h2-4,7-8,13-14H,5-6,9-12,16H2,1H3/t13-,14+/m0/s1. The Hall–Kier alpha value is -0.860. The summed E-state index contributed by atoms with van der Waals surface area (Å²) < 4.78 is 0. The summed E-state index contributed by atoms with van der Waals surface area (Å²) in [4.78, 5) is 2.58. The van der Waals surface area contributed by atoms with Crippen molar-refractivity contribution in [1.82, 2.24) is 4.90 Å². The van der Waals surface area contributed by atoms with Crippen molar-refractivity contribution in [2.24, 2.45) is 11.7 Å². The van der Waals surface area contributed by atoms with Gasteiger partial charge in [-0.25, -0.2) is 0 Å². The van der Waals surface area contributed by atoms with E-state index in [2.05, 4.69) is 42.2 Å². The van der Waals surface area contributed by atoms with Gasteiger partial charge in [-0.05, 0) is 43.3 Å². The van der Waals surface area contributed by atoms with Crippen molar-refractivity contribution in [3.63, 3.8) is 0 Å². The topological polar surface area (TPSA) is 29.3 Å². The molecule has 2 nitrogen and oxygen atoms in total. The van der Waals surface area contributed by atoms with Crippen molar-refractivity contribution in [3.8, 4) is 0 Å². The molecule has 0 unspecified atom stereocenters. The van der Waals surface area contributed by atoms with Gasteiger partial charge in [0.25, 0.3) is 0 Å². The van der Waals surface area contributed by atoms with Gasteiger partial charge in [0.2, 0.25) is 0 Å². The minimum atomic E-state index is 0.618. The number of benzene rings is 1. The van der Waals surface area contributed by atoms with E-state index in [0.717, 1.165) is 6.54 Å². The van der Waals surface area contributed by atoms with Crippen LogP contribution in [0.1, 0.15) is 31.2 Å². The Morgan fingerprint density at radius 1 is 1.35 bits per heavy atom. The van der Waals surface area contributed by atoms with Gasteiger partial charge in [-0.1, -0.05) is 37.3 Å². The molecular weight excluding hydrogens is 208 g/mol. The van der Waals surface area contributed by atoms with Crippen molar-refractivity contribution >= 4 is 0 Å². The van der Waals surface area contributed by atoms with Gasteiger partial charge in [-0.2, -0.15) is 0 Å². The first kappa shape index (κ1) is 12.6. The molecule has 1 aromatic carbocycles. The quantitative estimate of drug-likeness (QED) is 0.864. The summed E-state index contributed by atoms with van der Waals surface area (Å²) in [5.41, 5.74) is 7.23. The van der Waals surface area contributed by atoms with Gasteiger partial charge < -0.3 is 10.6 Å². The fourth-order valence-corrected chi connectivity index (χ4v) is 2.78. The first-order valence-electron chi connectivity index (χ1n) is 6.77. The molecule has 1 saturated heterocycles. The highest BCUT2D eigenvalue weighted by Crippen LogP contribution is 2.20. The molecule has 0 amide bonds. The average molecular weight is 232 g/mol. The molecule has 1 aliphatic heterocycles. The molecule has 0 bridgehead atoms. The minimum Gasteiger partial charge on any atom is -0.330 e. The lowest BCUT2D eigenvalue weighted by molar-refractivity contribution is 0.171. The maximum absolute atomic E-state index is 5.78. The van der Waals surface area contributed by atoms with Gasteiger partial charge in [0, 0.05) is 13.1 Å². The smallest absolute Gasteiger partial charge is 0.00477 e. The zero-order valence-corrected chi connectivity index (χ0v) is 10.8. The lowest BCUT2D eigenvalue weighted by Crippen LogP contribution is -2.40. The van der Waals surface area contributed by atoms with Crippen LogP contribution in [0.3, 0.4) is 0 Å². The summed E-state index contributed by atoms with van der Waals surface area (Å²) in [6.07, 6.45) is 2.62. The number of nitrogens with two attached hydrogens (primary N) is 1. The summed E-state index contributed by atoms with van der Waals surface area (Å²) >= 11 is 0. The van der Waals surface area contributed by atoms with Crippen LogP contribution in [0.5, 0.6) is 0 Å². The van der Waals surface area contributed by atoms with Gasteiger partial charge in [0.15, 0.2) is 0 Å². The number of likely N-dealkylation sites (tertiary alicyclic amines) is 1. The fourth-order valence-electron chi connectivity index (χ4n) is 2.78. The maximum Gasteiger partial charge on any atom is 0.00477 e. The van der Waals surface area contributed by atoms with Crippen LogP contribution in [0, 0.1) is 5.92 Å². The molecule has 0 spiro atoms. The second kappa shape index (κ2) is 6.18. The Morgan fingerprint density at radius 2 is 2.12 bits per heavy atom. The van der Waals surface area contributed by atoms with Crippen molar-refractivity contribution in [2.45, 2.75) is 25.7 Å². The lowest BCUT2D eigenvalue weighted by Gasteiger charge is -2.33. The predicted octanol–water partition coefficient (Wildman–Crippen LogP) is 2.46. The Kier molecular flexibility index (Phi) is 4.57. The van der Waals surface area contributed by atoms with Gasteiger partial charge in [-0.3, -0.25) is 0 Å². The Morgan fingerprint density at radius 3 is 2.82 bits per heavy atom. The second-order valence-corrected chi connectivity index (χ2v) is 5.32. The monoisotopic (exact) mass is 232 g/mol. The van der Waals surface area contributed by atoms with E-state index in [1.54, 1.807) is 0 Å². The minimum absolute atomic E-state index is 0.618. The second-order valence-electron chi connectivity index (χ2n) is 5.32. The predicted molar refractivity (Wildman–Crippen MR) is 73.1 cm³/mol. The SMILES string of the molecule is C[C@@H](CN1CCC[C@H](CN)C1)c1ccccc1. The van der Waals surface area contributed by atoms with Crippen LogP contribution < -0.4 is 5.73 Å². The fraction of sp³-hybridized carbons (Fsp3) is 0.600. The highest BCUT2D eigenvalue weighted by Gasteiger charge is 2.20. The van der Waals surface area contributed by atoms with E-state index < -0.39 is 0 Å². The Labute approximate surface area is 105 Å². The molecule has 17 heavy (non-hydrogen) atoms. The molecule has 2 rings (SSSR count). The zero-order chi connectivity index (χ0) is 12.1.